The highest BCUT2D eigenvalue weighted by Crippen LogP contribution is 2.30. The summed E-state index contributed by atoms with van der Waals surface area (Å²) >= 11 is 0. The van der Waals surface area contributed by atoms with E-state index in [1.165, 1.54) is 11.1 Å². The molecule has 0 aliphatic carbocycles. The van der Waals surface area contributed by atoms with Gasteiger partial charge in [-0.25, -0.2) is 4.79 Å². The molecular formula is C21H27NO3. The third kappa shape index (κ3) is 5.07. The number of carbonyl (C=O) groups excluding carboxylic acids is 1. The minimum Gasteiger partial charge on any atom is -0.487 e. The first kappa shape index (κ1) is 19.0. The van der Waals surface area contributed by atoms with E-state index in [2.05, 4.69) is 36.0 Å². The van der Waals surface area contributed by atoms with Crippen molar-refractivity contribution in [2.75, 3.05) is 0 Å². The monoisotopic (exact) mass is 341 g/mol. The molecular weight excluding hydrogens is 314 g/mol. The van der Waals surface area contributed by atoms with Gasteiger partial charge in [-0.1, -0.05) is 55.8 Å². The molecule has 0 spiro atoms. The molecule has 0 aliphatic rings. The van der Waals surface area contributed by atoms with Crippen molar-refractivity contribution in [2.45, 2.75) is 45.6 Å². The van der Waals surface area contributed by atoms with E-state index in [0.717, 1.165) is 25.0 Å². The summed E-state index contributed by atoms with van der Waals surface area (Å²) in [5.41, 5.74) is 1.82. The maximum Gasteiger partial charge on any atom is 0.331 e. The van der Waals surface area contributed by atoms with Crippen LogP contribution in [-0.4, -0.2) is 11.6 Å². The van der Waals surface area contributed by atoms with Crippen molar-refractivity contribution < 1.29 is 14.4 Å². The SMILES string of the molecule is CCCC(C)(Oc1ccc(Cc2ccccc2)cc1)C(C)C(=O)ON. The van der Waals surface area contributed by atoms with Crippen molar-refractivity contribution in [3.63, 3.8) is 0 Å². The van der Waals surface area contributed by atoms with Gasteiger partial charge in [-0.15, -0.1) is 0 Å². The van der Waals surface area contributed by atoms with Crippen molar-refractivity contribution in [1.82, 2.24) is 0 Å². The zero-order chi connectivity index (χ0) is 18.3. The van der Waals surface area contributed by atoms with Crippen LogP contribution in [0.5, 0.6) is 5.75 Å². The van der Waals surface area contributed by atoms with E-state index in [1.807, 2.05) is 37.3 Å². The number of hydrogen-bond acceptors (Lipinski definition) is 4. The molecule has 0 amide bonds. The Labute approximate surface area is 149 Å². The highest BCUT2D eigenvalue weighted by molar-refractivity contribution is 5.73. The molecule has 2 unspecified atom stereocenters. The Bertz CT molecular complexity index is 669. The fraction of sp³-hybridized carbons (Fsp3) is 0.381. The molecule has 2 rings (SSSR count). The van der Waals surface area contributed by atoms with Gasteiger partial charge in [-0.05, 0) is 49.9 Å². The van der Waals surface area contributed by atoms with E-state index < -0.39 is 17.5 Å². The first-order valence-corrected chi connectivity index (χ1v) is 8.71. The molecule has 2 aromatic rings. The lowest BCUT2D eigenvalue weighted by molar-refractivity contribution is -0.156. The fourth-order valence-electron chi connectivity index (χ4n) is 2.98. The molecule has 25 heavy (non-hydrogen) atoms. The van der Waals surface area contributed by atoms with Crippen LogP contribution in [-0.2, 0) is 16.1 Å². The quantitative estimate of drug-likeness (QED) is 0.729. The molecule has 134 valence electrons. The Morgan fingerprint density at radius 2 is 1.68 bits per heavy atom. The molecule has 2 N–H and O–H groups in total. The van der Waals surface area contributed by atoms with Gasteiger partial charge in [0.2, 0.25) is 0 Å². The number of nitrogens with two attached hydrogens (primary N) is 1. The summed E-state index contributed by atoms with van der Waals surface area (Å²) in [7, 11) is 0. The minimum atomic E-state index is -0.661. The van der Waals surface area contributed by atoms with Crippen LogP contribution in [0.3, 0.4) is 0 Å². The summed E-state index contributed by atoms with van der Waals surface area (Å²) in [5.74, 6) is 4.87. The first-order valence-electron chi connectivity index (χ1n) is 8.71. The van der Waals surface area contributed by atoms with Crippen molar-refractivity contribution >= 4 is 5.97 Å². The van der Waals surface area contributed by atoms with Crippen LogP contribution in [0.4, 0.5) is 0 Å². The predicted molar refractivity (Wildman–Crippen MR) is 99.1 cm³/mol. The normalized spacial score (nSPS) is 14.4. The summed E-state index contributed by atoms with van der Waals surface area (Å²) in [5, 5.41) is 0. The zero-order valence-electron chi connectivity index (χ0n) is 15.2. The molecule has 0 saturated heterocycles. The van der Waals surface area contributed by atoms with E-state index in [1.54, 1.807) is 6.92 Å². The molecule has 0 fully saturated rings. The first-order chi connectivity index (χ1) is 12.0. The minimum absolute atomic E-state index is 0.457. The van der Waals surface area contributed by atoms with Crippen LogP contribution in [0.1, 0.15) is 44.7 Å². The summed E-state index contributed by atoms with van der Waals surface area (Å²) in [6.07, 6.45) is 2.50. The summed E-state index contributed by atoms with van der Waals surface area (Å²) in [6.45, 7) is 5.77. The maximum absolute atomic E-state index is 11.9. The van der Waals surface area contributed by atoms with Crippen LogP contribution >= 0.6 is 0 Å². The highest BCUT2D eigenvalue weighted by atomic mass is 16.7. The van der Waals surface area contributed by atoms with Crippen LogP contribution in [0.15, 0.2) is 54.6 Å². The van der Waals surface area contributed by atoms with Gasteiger partial charge in [0, 0.05) is 0 Å². The van der Waals surface area contributed by atoms with Gasteiger partial charge in [-0.3, -0.25) is 0 Å². The van der Waals surface area contributed by atoms with Crippen molar-refractivity contribution in [3.8, 4) is 5.75 Å². The van der Waals surface area contributed by atoms with E-state index >= 15 is 0 Å². The lowest BCUT2D eigenvalue weighted by Crippen LogP contribution is -2.44. The Hall–Kier alpha value is -2.33. The van der Waals surface area contributed by atoms with Crippen LogP contribution in [0, 0.1) is 5.92 Å². The van der Waals surface area contributed by atoms with E-state index in [4.69, 9.17) is 10.6 Å². The van der Waals surface area contributed by atoms with Gasteiger partial charge in [-0.2, -0.15) is 5.90 Å². The lowest BCUT2D eigenvalue weighted by atomic mass is 9.86. The summed E-state index contributed by atoms with van der Waals surface area (Å²) < 4.78 is 6.18. The van der Waals surface area contributed by atoms with Gasteiger partial charge in [0.1, 0.15) is 11.4 Å². The number of hydrogen-bond donors (Lipinski definition) is 1. The maximum atomic E-state index is 11.9. The summed E-state index contributed by atoms with van der Waals surface area (Å²) in [6, 6.07) is 18.3. The van der Waals surface area contributed by atoms with Crippen LogP contribution < -0.4 is 10.6 Å². The number of carbonyl (C=O) groups is 1. The third-order valence-corrected chi connectivity index (χ3v) is 4.66. The Morgan fingerprint density at radius 1 is 1.08 bits per heavy atom. The summed E-state index contributed by atoms with van der Waals surface area (Å²) in [4.78, 5) is 16.3. The van der Waals surface area contributed by atoms with Gasteiger partial charge < -0.3 is 9.57 Å². The third-order valence-electron chi connectivity index (χ3n) is 4.66. The molecule has 2 aromatic carbocycles. The molecule has 0 radical (unpaired) electrons. The van der Waals surface area contributed by atoms with Crippen molar-refractivity contribution in [1.29, 1.82) is 0 Å². The average molecular weight is 341 g/mol. The number of benzene rings is 2. The zero-order valence-corrected chi connectivity index (χ0v) is 15.2. The highest BCUT2D eigenvalue weighted by Gasteiger charge is 2.38. The van der Waals surface area contributed by atoms with Gasteiger partial charge >= 0.3 is 5.97 Å². The molecule has 0 bridgehead atoms. The second kappa shape index (κ2) is 8.67. The second-order valence-corrected chi connectivity index (χ2v) is 6.63. The molecule has 2 atom stereocenters. The topological polar surface area (TPSA) is 61.5 Å². The van der Waals surface area contributed by atoms with Crippen LogP contribution in [0.2, 0.25) is 0 Å². The Morgan fingerprint density at radius 3 is 2.24 bits per heavy atom. The number of rotatable bonds is 8. The van der Waals surface area contributed by atoms with Crippen molar-refractivity contribution in [2.24, 2.45) is 11.8 Å². The molecule has 0 saturated carbocycles. The molecule has 0 aliphatic heterocycles. The van der Waals surface area contributed by atoms with Gasteiger partial charge in [0.25, 0.3) is 0 Å². The Balaban J connectivity index is 2.10. The van der Waals surface area contributed by atoms with E-state index in [0.29, 0.717) is 0 Å². The molecule has 0 heterocycles. The predicted octanol–water partition coefficient (Wildman–Crippen LogP) is 4.27. The second-order valence-electron chi connectivity index (χ2n) is 6.63. The largest absolute Gasteiger partial charge is 0.487 e. The fourth-order valence-corrected chi connectivity index (χ4v) is 2.98. The standard InChI is InChI=1S/C21H27NO3/c1-4-14-21(3,16(2)20(23)25-22)24-19-12-10-18(11-13-19)15-17-8-6-5-7-9-17/h5-13,16H,4,14-15,22H2,1-3H3. The van der Waals surface area contributed by atoms with E-state index in [-0.39, 0.29) is 0 Å². The average Bonchev–Trinajstić information content (AvgIpc) is 2.63. The lowest BCUT2D eigenvalue weighted by Gasteiger charge is -2.34. The molecule has 0 aromatic heterocycles. The Kier molecular flexibility index (Phi) is 6.59. The smallest absolute Gasteiger partial charge is 0.331 e. The number of ether oxygens (including phenoxy) is 1. The van der Waals surface area contributed by atoms with Gasteiger partial charge in [0.15, 0.2) is 0 Å². The molecule has 4 nitrogen and oxygen atoms in total. The van der Waals surface area contributed by atoms with E-state index in [9.17, 15) is 4.79 Å². The van der Waals surface area contributed by atoms with Gasteiger partial charge in [0.05, 0.1) is 5.92 Å². The van der Waals surface area contributed by atoms with Crippen molar-refractivity contribution in [3.05, 3.63) is 65.7 Å². The van der Waals surface area contributed by atoms with Crippen LogP contribution in [0.25, 0.3) is 0 Å². The molecule has 4 heteroatoms.